The second-order valence-electron chi connectivity index (χ2n) is 6.67. The molecule has 104 valence electrons. The Hall–Kier alpha value is -0.570. The standard InChI is InChI=1S/C15H28N2O/c1-12(2)10-15(7-3-4-8-15)11-17-14(18)13-6-5-9-16-13/h12-13,16H,3-11H2,1-2H3,(H,17,18)/t13-/m1/s1. The lowest BCUT2D eigenvalue weighted by Crippen LogP contribution is -2.45. The van der Waals surface area contributed by atoms with Gasteiger partial charge in [-0.25, -0.2) is 0 Å². The summed E-state index contributed by atoms with van der Waals surface area (Å²) in [6, 6.07) is 0.0718. The molecule has 0 aromatic heterocycles. The summed E-state index contributed by atoms with van der Waals surface area (Å²) in [6.45, 7) is 6.47. The monoisotopic (exact) mass is 252 g/mol. The second kappa shape index (κ2) is 6.05. The third kappa shape index (κ3) is 3.47. The van der Waals surface area contributed by atoms with Gasteiger partial charge in [0.15, 0.2) is 0 Å². The lowest BCUT2D eigenvalue weighted by Gasteiger charge is -2.31. The predicted octanol–water partition coefficient (Wildman–Crippen LogP) is 2.46. The Labute approximate surface area is 111 Å². The van der Waals surface area contributed by atoms with Crippen LogP contribution in [0.1, 0.15) is 58.8 Å². The summed E-state index contributed by atoms with van der Waals surface area (Å²) < 4.78 is 0. The fourth-order valence-electron chi connectivity index (χ4n) is 3.75. The number of hydrogen-bond acceptors (Lipinski definition) is 2. The topological polar surface area (TPSA) is 41.1 Å². The molecule has 1 saturated carbocycles. The zero-order chi connectivity index (χ0) is 13.0. The molecule has 1 amide bonds. The van der Waals surface area contributed by atoms with E-state index in [1.807, 2.05) is 0 Å². The van der Waals surface area contributed by atoms with Gasteiger partial charge in [-0.2, -0.15) is 0 Å². The molecule has 3 nitrogen and oxygen atoms in total. The van der Waals surface area contributed by atoms with Gasteiger partial charge in [0.25, 0.3) is 0 Å². The average Bonchev–Trinajstić information content (AvgIpc) is 2.96. The number of carbonyl (C=O) groups excluding carboxylic acids is 1. The third-order valence-corrected chi connectivity index (χ3v) is 4.52. The molecule has 1 atom stereocenters. The van der Waals surface area contributed by atoms with E-state index in [2.05, 4.69) is 24.5 Å². The zero-order valence-electron chi connectivity index (χ0n) is 11.9. The van der Waals surface area contributed by atoms with Crippen LogP contribution >= 0.6 is 0 Å². The highest BCUT2D eigenvalue weighted by atomic mass is 16.2. The molecule has 0 radical (unpaired) electrons. The summed E-state index contributed by atoms with van der Waals surface area (Å²) in [5, 5.41) is 6.48. The highest BCUT2D eigenvalue weighted by Gasteiger charge is 2.35. The molecule has 2 fully saturated rings. The molecule has 1 aliphatic carbocycles. The minimum absolute atomic E-state index is 0.0718. The van der Waals surface area contributed by atoms with Crippen molar-refractivity contribution in [1.29, 1.82) is 0 Å². The van der Waals surface area contributed by atoms with Crippen molar-refractivity contribution in [1.82, 2.24) is 10.6 Å². The van der Waals surface area contributed by atoms with Gasteiger partial charge in [-0.1, -0.05) is 26.7 Å². The molecule has 2 aliphatic rings. The molecule has 1 aliphatic heterocycles. The molecule has 18 heavy (non-hydrogen) atoms. The third-order valence-electron chi connectivity index (χ3n) is 4.52. The van der Waals surface area contributed by atoms with Crippen LogP contribution in [0.4, 0.5) is 0 Å². The van der Waals surface area contributed by atoms with Gasteiger partial charge in [0.1, 0.15) is 0 Å². The molecular formula is C15H28N2O. The van der Waals surface area contributed by atoms with Gasteiger partial charge >= 0.3 is 0 Å². The molecular weight excluding hydrogens is 224 g/mol. The highest BCUT2D eigenvalue weighted by molar-refractivity contribution is 5.82. The van der Waals surface area contributed by atoms with Gasteiger partial charge < -0.3 is 10.6 Å². The molecule has 2 N–H and O–H groups in total. The number of carbonyl (C=O) groups is 1. The van der Waals surface area contributed by atoms with Crippen LogP contribution in [0.2, 0.25) is 0 Å². The van der Waals surface area contributed by atoms with Crippen molar-refractivity contribution < 1.29 is 4.79 Å². The van der Waals surface area contributed by atoms with Crippen LogP contribution in [-0.4, -0.2) is 25.0 Å². The molecule has 3 heteroatoms. The van der Waals surface area contributed by atoms with E-state index in [1.165, 1.54) is 32.1 Å². The van der Waals surface area contributed by atoms with Crippen LogP contribution in [0.25, 0.3) is 0 Å². The summed E-state index contributed by atoms with van der Waals surface area (Å²) in [7, 11) is 0. The van der Waals surface area contributed by atoms with E-state index >= 15 is 0 Å². The Morgan fingerprint density at radius 1 is 1.33 bits per heavy atom. The van der Waals surface area contributed by atoms with Crippen LogP contribution in [0.3, 0.4) is 0 Å². The summed E-state index contributed by atoms with van der Waals surface area (Å²) in [6.07, 6.45) is 8.66. The van der Waals surface area contributed by atoms with Crippen molar-refractivity contribution >= 4 is 5.91 Å². The zero-order valence-corrected chi connectivity index (χ0v) is 11.9. The molecule has 1 saturated heterocycles. The fraction of sp³-hybridized carbons (Fsp3) is 0.933. The van der Waals surface area contributed by atoms with Gasteiger partial charge in [0.2, 0.25) is 5.91 Å². The molecule has 0 bridgehead atoms. The smallest absolute Gasteiger partial charge is 0.237 e. The van der Waals surface area contributed by atoms with Gasteiger partial charge in [0.05, 0.1) is 6.04 Å². The van der Waals surface area contributed by atoms with Gasteiger partial charge in [-0.15, -0.1) is 0 Å². The molecule has 2 rings (SSSR count). The van der Waals surface area contributed by atoms with Gasteiger partial charge in [-0.3, -0.25) is 4.79 Å². The summed E-state index contributed by atoms with van der Waals surface area (Å²) in [4.78, 5) is 12.1. The maximum Gasteiger partial charge on any atom is 0.237 e. The van der Waals surface area contributed by atoms with E-state index in [0.717, 1.165) is 31.8 Å². The highest BCUT2D eigenvalue weighted by Crippen LogP contribution is 2.42. The van der Waals surface area contributed by atoms with Crippen LogP contribution in [0, 0.1) is 11.3 Å². The lowest BCUT2D eigenvalue weighted by molar-refractivity contribution is -0.123. The molecule has 0 aromatic rings. The quantitative estimate of drug-likeness (QED) is 0.789. The first kappa shape index (κ1) is 13.9. The minimum Gasteiger partial charge on any atom is -0.354 e. The second-order valence-corrected chi connectivity index (χ2v) is 6.67. The molecule has 0 spiro atoms. The number of hydrogen-bond donors (Lipinski definition) is 2. The number of nitrogens with one attached hydrogen (secondary N) is 2. The van der Waals surface area contributed by atoms with E-state index < -0.39 is 0 Å². The average molecular weight is 252 g/mol. The Balaban J connectivity index is 1.83. The largest absolute Gasteiger partial charge is 0.354 e. The SMILES string of the molecule is CC(C)CC1(CNC(=O)[C@H]2CCCN2)CCCC1. The van der Waals surface area contributed by atoms with Crippen molar-refractivity contribution in [2.24, 2.45) is 11.3 Å². The van der Waals surface area contributed by atoms with E-state index in [0.29, 0.717) is 5.41 Å². The van der Waals surface area contributed by atoms with Crippen LogP contribution in [0.15, 0.2) is 0 Å². The van der Waals surface area contributed by atoms with E-state index in [9.17, 15) is 4.79 Å². The maximum absolute atomic E-state index is 12.1. The van der Waals surface area contributed by atoms with Crippen molar-refractivity contribution in [3.8, 4) is 0 Å². The van der Waals surface area contributed by atoms with E-state index in [1.54, 1.807) is 0 Å². The number of rotatable bonds is 5. The first-order valence-corrected chi connectivity index (χ1v) is 7.62. The Morgan fingerprint density at radius 2 is 2.06 bits per heavy atom. The van der Waals surface area contributed by atoms with Gasteiger partial charge in [0, 0.05) is 6.54 Å². The first-order chi connectivity index (χ1) is 8.61. The van der Waals surface area contributed by atoms with Crippen molar-refractivity contribution in [3.63, 3.8) is 0 Å². The fourth-order valence-corrected chi connectivity index (χ4v) is 3.75. The molecule has 0 unspecified atom stereocenters. The Kier molecular flexibility index (Phi) is 4.66. The Bertz CT molecular complexity index is 276. The van der Waals surface area contributed by atoms with Crippen molar-refractivity contribution in [2.45, 2.75) is 64.8 Å². The molecule has 0 aromatic carbocycles. The first-order valence-electron chi connectivity index (χ1n) is 7.62. The van der Waals surface area contributed by atoms with Gasteiger partial charge in [-0.05, 0) is 50.0 Å². The van der Waals surface area contributed by atoms with Crippen molar-refractivity contribution in [3.05, 3.63) is 0 Å². The molecule has 1 heterocycles. The van der Waals surface area contributed by atoms with Crippen LogP contribution in [-0.2, 0) is 4.79 Å². The normalized spacial score (nSPS) is 26.7. The lowest BCUT2D eigenvalue weighted by atomic mass is 9.78. The number of amides is 1. The van der Waals surface area contributed by atoms with E-state index in [-0.39, 0.29) is 11.9 Å². The van der Waals surface area contributed by atoms with Crippen LogP contribution < -0.4 is 10.6 Å². The Morgan fingerprint density at radius 3 is 2.61 bits per heavy atom. The minimum atomic E-state index is 0.0718. The summed E-state index contributed by atoms with van der Waals surface area (Å²) >= 11 is 0. The van der Waals surface area contributed by atoms with Crippen molar-refractivity contribution in [2.75, 3.05) is 13.1 Å². The summed E-state index contributed by atoms with van der Waals surface area (Å²) in [5.41, 5.74) is 0.391. The predicted molar refractivity (Wildman–Crippen MR) is 74.4 cm³/mol. The maximum atomic E-state index is 12.1. The van der Waals surface area contributed by atoms with E-state index in [4.69, 9.17) is 0 Å². The van der Waals surface area contributed by atoms with Crippen LogP contribution in [0.5, 0.6) is 0 Å². The summed E-state index contributed by atoms with van der Waals surface area (Å²) in [5.74, 6) is 0.951.